The van der Waals surface area contributed by atoms with Crippen LogP contribution in [0.1, 0.15) is 15.9 Å². The van der Waals surface area contributed by atoms with Crippen molar-refractivity contribution < 1.29 is 9.21 Å². The zero-order valence-electron chi connectivity index (χ0n) is 14.4. The molecule has 4 nitrogen and oxygen atoms in total. The summed E-state index contributed by atoms with van der Waals surface area (Å²) in [6.07, 6.45) is 3.05. The van der Waals surface area contributed by atoms with E-state index in [9.17, 15) is 4.79 Å². The number of aromatic nitrogens is 1. The number of oxazole rings is 1. The Morgan fingerprint density at radius 3 is 2.54 bits per heavy atom. The van der Waals surface area contributed by atoms with E-state index in [1.54, 1.807) is 11.1 Å². The molecule has 0 saturated carbocycles. The fraction of sp³-hybridized carbons (Fsp3) is 0.0909. The van der Waals surface area contributed by atoms with Gasteiger partial charge in [0.05, 0.1) is 6.20 Å². The monoisotopic (exact) mass is 342 g/mol. The molecule has 0 fully saturated rings. The standard InChI is InChI=1S/C22H18N2O2/c1-24(14-19-7-4-6-16-5-2-3-8-20(16)19)22(25)18-11-9-17(10-12-18)21-13-23-15-26-21/h2-13,15H,14H2,1H3. The van der Waals surface area contributed by atoms with Crippen LogP contribution in [0, 0.1) is 0 Å². The van der Waals surface area contributed by atoms with E-state index >= 15 is 0 Å². The number of carbonyl (C=O) groups excluding carboxylic acids is 1. The third-order valence-electron chi connectivity index (χ3n) is 4.48. The largest absolute Gasteiger partial charge is 0.444 e. The van der Waals surface area contributed by atoms with Gasteiger partial charge in [-0.2, -0.15) is 0 Å². The second kappa shape index (κ2) is 6.84. The number of fused-ring (bicyclic) bond motifs is 1. The quantitative estimate of drug-likeness (QED) is 0.537. The first-order valence-electron chi connectivity index (χ1n) is 8.43. The molecule has 1 amide bonds. The number of rotatable bonds is 4. The highest BCUT2D eigenvalue weighted by atomic mass is 16.3. The van der Waals surface area contributed by atoms with Crippen LogP contribution in [0.25, 0.3) is 22.1 Å². The summed E-state index contributed by atoms with van der Waals surface area (Å²) in [5, 5.41) is 2.36. The summed E-state index contributed by atoms with van der Waals surface area (Å²) < 4.78 is 5.28. The molecule has 0 bridgehead atoms. The lowest BCUT2D eigenvalue weighted by atomic mass is 10.0. The molecule has 0 aliphatic carbocycles. The second-order valence-corrected chi connectivity index (χ2v) is 6.24. The first-order valence-corrected chi connectivity index (χ1v) is 8.43. The second-order valence-electron chi connectivity index (χ2n) is 6.24. The van der Waals surface area contributed by atoms with Gasteiger partial charge in [0.25, 0.3) is 5.91 Å². The van der Waals surface area contributed by atoms with Crippen molar-refractivity contribution in [1.82, 2.24) is 9.88 Å². The Morgan fingerprint density at radius 1 is 1.00 bits per heavy atom. The van der Waals surface area contributed by atoms with Crippen molar-refractivity contribution in [3.05, 3.63) is 90.4 Å². The van der Waals surface area contributed by atoms with Crippen LogP contribution in [0.2, 0.25) is 0 Å². The molecule has 0 saturated heterocycles. The van der Waals surface area contributed by atoms with Crippen LogP contribution in [0.5, 0.6) is 0 Å². The Kier molecular flexibility index (Phi) is 4.23. The predicted octanol–water partition coefficient (Wildman–Crippen LogP) is 4.77. The van der Waals surface area contributed by atoms with Crippen molar-refractivity contribution in [3.63, 3.8) is 0 Å². The lowest BCUT2D eigenvalue weighted by Crippen LogP contribution is -2.26. The predicted molar refractivity (Wildman–Crippen MR) is 102 cm³/mol. The highest BCUT2D eigenvalue weighted by molar-refractivity contribution is 5.95. The maximum atomic E-state index is 12.8. The van der Waals surface area contributed by atoms with Gasteiger partial charge in [-0.25, -0.2) is 4.98 Å². The minimum Gasteiger partial charge on any atom is -0.444 e. The molecule has 128 valence electrons. The van der Waals surface area contributed by atoms with Crippen LogP contribution in [0.4, 0.5) is 0 Å². The molecule has 1 heterocycles. The highest BCUT2D eigenvalue weighted by Gasteiger charge is 2.14. The maximum Gasteiger partial charge on any atom is 0.253 e. The summed E-state index contributed by atoms with van der Waals surface area (Å²) in [6, 6.07) is 21.8. The van der Waals surface area contributed by atoms with E-state index in [1.165, 1.54) is 17.2 Å². The Balaban J connectivity index is 1.54. The Labute approximate surface area is 151 Å². The molecule has 0 N–H and O–H groups in total. The van der Waals surface area contributed by atoms with E-state index in [1.807, 2.05) is 49.5 Å². The van der Waals surface area contributed by atoms with Gasteiger partial charge in [0.1, 0.15) is 0 Å². The molecule has 3 aromatic carbocycles. The molecule has 0 radical (unpaired) electrons. The van der Waals surface area contributed by atoms with Crippen molar-refractivity contribution in [2.45, 2.75) is 6.54 Å². The molecule has 1 aromatic heterocycles. The molecule has 0 unspecified atom stereocenters. The number of amides is 1. The lowest BCUT2D eigenvalue weighted by Gasteiger charge is -2.18. The maximum absolute atomic E-state index is 12.8. The number of hydrogen-bond acceptors (Lipinski definition) is 3. The fourth-order valence-electron chi connectivity index (χ4n) is 3.11. The topological polar surface area (TPSA) is 46.3 Å². The van der Waals surface area contributed by atoms with Gasteiger partial charge in [0.2, 0.25) is 0 Å². The Morgan fingerprint density at radius 2 is 1.77 bits per heavy atom. The summed E-state index contributed by atoms with van der Waals surface area (Å²) >= 11 is 0. The van der Waals surface area contributed by atoms with Crippen molar-refractivity contribution in [1.29, 1.82) is 0 Å². The minimum atomic E-state index is -0.0120. The first kappa shape index (κ1) is 16.1. The molecule has 0 aliphatic heterocycles. The van der Waals surface area contributed by atoms with Crippen LogP contribution >= 0.6 is 0 Å². The summed E-state index contributed by atoms with van der Waals surface area (Å²) in [5.41, 5.74) is 2.68. The molecule has 4 heteroatoms. The Bertz CT molecular complexity index is 1030. The van der Waals surface area contributed by atoms with Crippen molar-refractivity contribution >= 4 is 16.7 Å². The molecule has 0 atom stereocenters. The van der Waals surface area contributed by atoms with Gasteiger partial charge in [0.15, 0.2) is 12.2 Å². The van der Waals surface area contributed by atoms with Gasteiger partial charge >= 0.3 is 0 Å². The van der Waals surface area contributed by atoms with Gasteiger partial charge < -0.3 is 9.32 Å². The van der Waals surface area contributed by atoms with Crippen LogP contribution in [-0.4, -0.2) is 22.8 Å². The van der Waals surface area contributed by atoms with E-state index in [4.69, 9.17) is 4.42 Å². The Hall–Kier alpha value is -3.40. The van der Waals surface area contributed by atoms with Gasteiger partial charge in [-0.1, -0.05) is 54.6 Å². The lowest BCUT2D eigenvalue weighted by molar-refractivity contribution is 0.0785. The number of hydrogen-bond donors (Lipinski definition) is 0. The SMILES string of the molecule is CN(Cc1cccc2ccccc12)C(=O)c1ccc(-c2cnco2)cc1. The molecule has 0 spiro atoms. The van der Waals surface area contributed by atoms with Crippen molar-refractivity contribution in [2.75, 3.05) is 7.05 Å². The fourth-order valence-corrected chi connectivity index (χ4v) is 3.11. The van der Waals surface area contributed by atoms with E-state index < -0.39 is 0 Å². The normalized spacial score (nSPS) is 10.8. The van der Waals surface area contributed by atoms with E-state index in [0.29, 0.717) is 17.9 Å². The summed E-state index contributed by atoms with van der Waals surface area (Å²) in [6.45, 7) is 0.560. The first-order chi connectivity index (χ1) is 12.7. The van der Waals surface area contributed by atoms with Crippen molar-refractivity contribution in [3.8, 4) is 11.3 Å². The average molecular weight is 342 g/mol. The molecule has 4 rings (SSSR count). The summed E-state index contributed by atoms with van der Waals surface area (Å²) in [4.78, 5) is 18.4. The van der Waals surface area contributed by atoms with Crippen LogP contribution in [-0.2, 0) is 6.54 Å². The third kappa shape index (κ3) is 3.09. The van der Waals surface area contributed by atoms with E-state index in [2.05, 4.69) is 29.2 Å². The minimum absolute atomic E-state index is 0.0120. The van der Waals surface area contributed by atoms with E-state index in [0.717, 1.165) is 11.1 Å². The van der Waals surface area contributed by atoms with Crippen LogP contribution in [0.15, 0.2) is 83.7 Å². The molecule has 4 aromatic rings. The average Bonchev–Trinajstić information content (AvgIpc) is 3.23. The molecular weight excluding hydrogens is 324 g/mol. The number of carbonyl (C=O) groups is 1. The summed E-state index contributed by atoms with van der Waals surface area (Å²) in [7, 11) is 1.83. The van der Waals surface area contributed by atoms with Gasteiger partial charge in [0, 0.05) is 24.7 Å². The van der Waals surface area contributed by atoms with Crippen LogP contribution < -0.4 is 0 Å². The van der Waals surface area contributed by atoms with Crippen LogP contribution in [0.3, 0.4) is 0 Å². The number of nitrogens with zero attached hydrogens (tertiary/aromatic N) is 2. The zero-order valence-corrected chi connectivity index (χ0v) is 14.4. The zero-order chi connectivity index (χ0) is 17.9. The van der Waals surface area contributed by atoms with Crippen molar-refractivity contribution in [2.24, 2.45) is 0 Å². The molecular formula is C22H18N2O2. The number of benzene rings is 3. The highest BCUT2D eigenvalue weighted by Crippen LogP contribution is 2.22. The van der Waals surface area contributed by atoms with Gasteiger partial charge in [-0.05, 0) is 28.5 Å². The third-order valence-corrected chi connectivity index (χ3v) is 4.48. The smallest absolute Gasteiger partial charge is 0.253 e. The molecule has 26 heavy (non-hydrogen) atoms. The molecule has 0 aliphatic rings. The van der Waals surface area contributed by atoms with Gasteiger partial charge in [-0.3, -0.25) is 4.79 Å². The van der Waals surface area contributed by atoms with E-state index in [-0.39, 0.29) is 5.91 Å². The summed E-state index contributed by atoms with van der Waals surface area (Å²) in [5.74, 6) is 0.676. The van der Waals surface area contributed by atoms with Gasteiger partial charge in [-0.15, -0.1) is 0 Å².